The number of nitrogens with two attached hydrogens (primary N) is 1. The van der Waals surface area contributed by atoms with Crippen molar-refractivity contribution in [2.75, 3.05) is 25.4 Å². The minimum absolute atomic E-state index is 0.00172. The van der Waals surface area contributed by atoms with Gasteiger partial charge in [0, 0.05) is 53.3 Å². The lowest BCUT2D eigenvalue weighted by atomic mass is 9.96. The first-order valence-corrected chi connectivity index (χ1v) is 19.2. The number of hydrogen-bond acceptors (Lipinski definition) is 10. The fourth-order valence-corrected chi connectivity index (χ4v) is 10.0. The molecule has 5 aliphatic rings. The van der Waals surface area contributed by atoms with E-state index in [0.717, 1.165) is 37.1 Å². The van der Waals surface area contributed by atoms with Crippen molar-refractivity contribution in [3.8, 4) is 34.9 Å². The first-order chi connectivity index (χ1) is 25.6. The molecule has 4 aromatic rings. The number of pyridine rings is 1. The summed E-state index contributed by atoms with van der Waals surface area (Å²) < 4.78 is 59.2. The lowest BCUT2D eigenvalue weighted by Gasteiger charge is -2.22. The zero-order valence-corrected chi connectivity index (χ0v) is 30.0. The maximum absolute atomic E-state index is 17.1. The second-order valence-electron chi connectivity index (χ2n) is 14.9. The largest absolute Gasteiger partial charge is 0.488 e. The van der Waals surface area contributed by atoms with E-state index < -0.39 is 23.9 Å². The van der Waals surface area contributed by atoms with Crippen LogP contribution < -0.4 is 25.8 Å². The molecule has 15 heteroatoms. The van der Waals surface area contributed by atoms with Crippen molar-refractivity contribution in [3.63, 3.8) is 0 Å². The number of alkyl halides is 1. The Labute approximate surface area is 312 Å². The molecule has 0 bridgehead atoms. The third-order valence-corrected chi connectivity index (χ3v) is 12.9. The second-order valence-corrected chi connectivity index (χ2v) is 16.4. The highest BCUT2D eigenvalue weighted by molar-refractivity contribution is 7.23. The molecule has 4 N–H and O–H groups in total. The number of nitrogens with one attached hydrogen (secondary N) is 2. The lowest BCUT2D eigenvalue weighted by Crippen LogP contribution is -2.38. The summed E-state index contributed by atoms with van der Waals surface area (Å²) in [5.74, 6) is -1.04. The predicted octanol–water partition coefficient (Wildman–Crippen LogP) is 6.35. The van der Waals surface area contributed by atoms with E-state index in [-0.39, 0.29) is 107 Å². The van der Waals surface area contributed by atoms with Crippen LogP contribution in [0, 0.1) is 46.1 Å². The summed E-state index contributed by atoms with van der Waals surface area (Å²) in [5, 5.41) is 27.1. The maximum atomic E-state index is 17.1. The van der Waals surface area contributed by atoms with Crippen LogP contribution in [0.15, 0.2) is 18.2 Å². The van der Waals surface area contributed by atoms with Gasteiger partial charge in [0.25, 0.3) is 0 Å². The number of halogens is 4. The number of benzene rings is 2. The number of thiophene rings is 1. The molecule has 0 spiro atoms. The van der Waals surface area contributed by atoms with Gasteiger partial charge in [-0.1, -0.05) is 17.7 Å². The number of carbonyl (C=O) groups excluding carboxylic acids is 1. The average molecular weight is 762 g/mol. The Morgan fingerprint density at radius 2 is 1.96 bits per heavy atom. The number of nitrogen functional groups attached to an aromatic ring is 1. The minimum Gasteiger partial charge on any atom is -0.488 e. The van der Waals surface area contributed by atoms with Gasteiger partial charge in [-0.15, -0.1) is 11.3 Å². The van der Waals surface area contributed by atoms with Crippen LogP contribution in [0.1, 0.15) is 56.1 Å². The summed E-state index contributed by atoms with van der Waals surface area (Å²) in [4.78, 5) is 19.6. The van der Waals surface area contributed by atoms with Gasteiger partial charge in [-0.25, -0.2) is 18.2 Å². The molecule has 10 nitrogen and oxygen atoms in total. The number of amides is 1. The predicted molar refractivity (Wildman–Crippen MR) is 193 cm³/mol. The molecule has 3 unspecified atom stereocenters. The number of ether oxygens (including phenoxy) is 2. The number of nitriles is 2. The first-order valence-electron chi connectivity index (χ1n) is 18.0. The van der Waals surface area contributed by atoms with Crippen molar-refractivity contribution in [1.29, 1.82) is 10.5 Å². The van der Waals surface area contributed by atoms with Crippen molar-refractivity contribution in [1.82, 2.24) is 20.5 Å². The number of hydrogen-bond donors (Lipinski definition) is 3. The lowest BCUT2D eigenvalue weighted by molar-refractivity contribution is -0.121. The van der Waals surface area contributed by atoms with Crippen molar-refractivity contribution < 1.29 is 27.4 Å². The van der Waals surface area contributed by atoms with E-state index in [2.05, 4.69) is 26.6 Å². The van der Waals surface area contributed by atoms with Gasteiger partial charge in [0.05, 0.1) is 21.9 Å². The van der Waals surface area contributed by atoms with Crippen molar-refractivity contribution >= 4 is 54.8 Å². The van der Waals surface area contributed by atoms with Crippen molar-refractivity contribution in [3.05, 3.63) is 46.0 Å². The molecule has 5 fully saturated rings. The van der Waals surface area contributed by atoms with Crippen LogP contribution in [0.2, 0.25) is 5.02 Å². The van der Waals surface area contributed by atoms with Crippen molar-refractivity contribution in [2.24, 2.45) is 11.8 Å². The highest BCUT2D eigenvalue weighted by Gasteiger charge is 2.51. The van der Waals surface area contributed by atoms with E-state index >= 15 is 4.39 Å². The molecule has 0 radical (unpaired) electrons. The van der Waals surface area contributed by atoms with Crippen LogP contribution in [-0.4, -0.2) is 71.9 Å². The molecular weight excluding hydrogens is 727 g/mol. The molecule has 3 aliphatic heterocycles. The van der Waals surface area contributed by atoms with Gasteiger partial charge in [-0.05, 0) is 68.7 Å². The highest BCUT2D eigenvalue weighted by atomic mass is 35.5. The SMILES string of the molecule is N#Cc1c(OCC2CCN3C[C@H](F)CC23)nc2c(F)c(-c3ccc(F)c4sc(N)c(C#N)c34)c(Cl)cc2c1OC1CC[C@H](NC(=O)[C@@H]2N[C@H]2C2CC2)C1. The highest BCUT2D eigenvalue weighted by Crippen LogP contribution is 2.48. The Morgan fingerprint density at radius 3 is 2.74 bits per heavy atom. The molecule has 5 heterocycles. The van der Waals surface area contributed by atoms with Crippen LogP contribution in [0.5, 0.6) is 11.6 Å². The summed E-state index contributed by atoms with van der Waals surface area (Å²) in [5.41, 5.74) is 5.88. The molecule has 7 atom stereocenters. The van der Waals surface area contributed by atoms with Crippen LogP contribution >= 0.6 is 22.9 Å². The molecule has 1 amide bonds. The van der Waals surface area contributed by atoms with E-state index in [1.54, 1.807) is 0 Å². The Bertz CT molecular complexity index is 2270. The summed E-state index contributed by atoms with van der Waals surface area (Å²) >= 11 is 7.73. The average Bonchev–Trinajstić information content (AvgIpc) is 3.98. The zero-order chi connectivity index (χ0) is 36.7. The monoisotopic (exact) mass is 761 g/mol. The normalized spacial score (nSPS) is 27.8. The van der Waals surface area contributed by atoms with Crippen LogP contribution in [0.4, 0.5) is 18.2 Å². The van der Waals surface area contributed by atoms with Gasteiger partial charge in [-0.2, -0.15) is 10.5 Å². The van der Waals surface area contributed by atoms with Crippen molar-refractivity contribution in [2.45, 2.75) is 81.4 Å². The number of aromatic nitrogens is 1. The first kappa shape index (κ1) is 34.4. The molecule has 9 rings (SSSR count). The fourth-order valence-electron chi connectivity index (χ4n) is 8.78. The van der Waals surface area contributed by atoms with E-state index in [9.17, 15) is 24.1 Å². The van der Waals surface area contributed by atoms with Gasteiger partial charge >= 0.3 is 0 Å². The third-order valence-electron chi connectivity index (χ3n) is 11.6. The summed E-state index contributed by atoms with van der Waals surface area (Å²) in [7, 11) is 0. The number of carbonyl (C=O) groups is 1. The summed E-state index contributed by atoms with van der Waals surface area (Å²) in [6.45, 7) is 1.25. The molecule has 3 saturated heterocycles. The molecule has 2 aromatic heterocycles. The third kappa shape index (κ3) is 6.00. The maximum Gasteiger partial charge on any atom is 0.238 e. The minimum atomic E-state index is -0.910. The standard InChI is InChI=1S/C38H35ClF3N7O3S/c39-25-11-22-32(30(42)29(25)21-5-6-26(41)35-28(21)23(12-43)36(45)53-35)48-38(51-15-17-7-8-49-14-18(40)9-27(17)49)24(13-44)34(22)52-20-4-3-19(10-20)46-37(50)33-31(47-33)16-1-2-16/h5-6,11,16-20,27,31,33,47H,1-4,7-10,14-15,45H2,(H,46,50)/t17?,18-,19+,20?,27?,31+,33-/m1/s1. The molecule has 2 aromatic carbocycles. The second kappa shape index (κ2) is 13.2. The number of rotatable bonds is 9. The Hall–Kier alpha value is -4.34. The van der Waals surface area contributed by atoms with Gasteiger partial charge < -0.3 is 20.5 Å². The number of anilines is 1. The summed E-state index contributed by atoms with van der Waals surface area (Å²) in [6.07, 6.45) is 3.84. The molecule has 274 valence electrons. The van der Waals surface area contributed by atoms with Gasteiger partial charge in [0.2, 0.25) is 11.8 Å². The molecule has 2 saturated carbocycles. The topological polar surface area (TPSA) is 159 Å². The van der Waals surface area contributed by atoms with Gasteiger partial charge in [-0.3, -0.25) is 15.0 Å². The Morgan fingerprint density at radius 1 is 1.15 bits per heavy atom. The van der Waals surface area contributed by atoms with E-state index in [1.807, 2.05) is 6.07 Å². The number of nitrogens with zero attached hydrogens (tertiary/aromatic N) is 4. The van der Waals surface area contributed by atoms with Crippen LogP contribution in [-0.2, 0) is 4.79 Å². The molecular formula is C38H35ClF3N7O3S. The molecule has 53 heavy (non-hydrogen) atoms. The van der Waals surface area contributed by atoms with E-state index in [0.29, 0.717) is 38.1 Å². The number of fused-ring (bicyclic) bond motifs is 3. The van der Waals surface area contributed by atoms with Gasteiger partial charge in [0.15, 0.2) is 17.1 Å². The Balaban J connectivity index is 1.09. The smallest absolute Gasteiger partial charge is 0.238 e. The van der Waals surface area contributed by atoms with Crippen LogP contribution in [0.25, 0.3) is 32.1 Å². The molecule has 2 aliphatic carbocycles. The quantitative estimate of drug-likeness (QED) is 0.165. The van der Waals surface area contributed by atoms with E-state index in [1.165, 1.54) is 18.2 Å². The summed E-state index contributed by atoms with van der Waals surface area (Å²) in [6, 6.07) is 8.09. The van der Waals surface area contributed by atoms with Gasteiger partial charge in [0.1, 0.15) is 46.8 Å². The Kier molecular flexibility index (Phi) is 8.58. The fraction of sp³-hybridized carbons (Fsp3) is 0.474. The van der Waals surface area contributed by atoms with E-state index in [4.69, 9.17) is 26.8 Å². The van der Waals surface area contributed by atoms with Crippen LogP contribution in [0.3, 0.4) is 0 Å². The zero-order valence-electron chi connectivity index (χ0n) is 28.4.